The number of anilines is 1. The molecule has 3 aliphatic rings. The molecule has 3 atom stereocenters. The number of benzene rings is 1. The number of hydrogen-bond donors (Lipinski definition) is 5. The second-order valence-electron chi connectivity index (χ2n) is 10.2. The standard InChI is InChI=1S/C26H31N3O8/c1-5-6-29(4)25(36)14-10-15(28(2)3)13-8-11-7-12-9-16(30)19(24(27)35)23(34)26(12,37)22(33)17(11)21(32)18(13)20(14)31/h10-12,30-31,33,37H,5-9H2,1-4H3,(H2,27,35)/t11-,12+,26+/m1/s1. The van der Waals surface area contributed by atoms with E-state index in [1.54, 1.807) is 26.0 Å². The number of amides is 2. The Balaban J connectivity index is 1.92. The molecule has 6 N–H and O–H groups in total. The molecule has 0 spiro atoms. The number of phenols is 1. The van der Waals surface area contributed by atoms with Gasteiger partial charge in [0, 0.05) is 51.3 Å². The van der Waals surface area contributed by atoms with Gasteiger partial charge < -0.3 is 36.0 Å². The number of phenolic OH excluding ortho intramolecular Hbond substituents is 1. The smallest absolute Gasteiger partial charge is 0.257 e. The van der Waals surface area contributed by atoms with Crippen molar-refractivity contribution >= 4 is 29.1 Å². The zero-order chi connectivity index (χ0) is 27.6. The first-order valence-corrected chi connectivity index (χ1v) is 12.1. The van der Waals surface area contributed by atoms with Crippen LogP contribution in [0.5, 0.6) is 5.75 Å². The largest absolute Gasteiger partial charge is 0.511 e. The molecule has 2 amide bonds. The number of ketones is 2. The maximum Gasteiger partial charge on any atom is 0.257 e. The molecule has 0 aromatic heterocycles. The first-order valence-electron chi connectivity index (χ1n) is 12.1. The molecule has 11 nitrogen and oxygen atoms in total. The number of Topliss-reactive ketones (excluding diaryl/α,β-unsaturated/α-hetero) is 2. The molecule has 0 radical (unpaired) electrons. The number of nitrogens with two attached hydrogens (primary N) is 1. The maximum atomic E-state index is 13.8. The summed E-state index contributed by atoms with van der Waals surface area (Å²) in [5, 5.41) is 44.0. The first-order chi connectivity index (χ1) is 17.3. The Hall–Kier alpha value is -3.86. The van der Waals surface area contributed by atoms with Gasteiger partial charge >= 0.3 is 0 Å². The Morgan fingerprint density at radius 3 is 2.35 bits per heavy atom. The average Bonchev–Trinajstić information content (AvgIpc) is 2.80. The monoisotopic (exact) mass is 513 g/mol. The van der Waals surface area contributed by atoms with Gasteiger partial charge in [-0.2, -0.15) is 0 Å². The van der Waals surface area contributed by atoms with E-state index in [1.807, 2.05) is 6.92 Å². The molecule has 1 aromatic rings. The van der Waals surface area contributed by atoms with E-state index >= 15 is 0 Å². The van der Waals surface area contributed by atoms with Crippen LogP contribution in [-0.2, 0) is 16.0 Å². The molecule has 198 valence electrons. The van der Waals surface area contributed by atoms with E-state index in [2.05, 4.69) is 0 Å². The summed E-state index contributed by atoms with van der Waals surface area (Å²) < 4.78 is 0. The number of nitrogens with zero attached hydrogens (tertiary/aromatic N) is 2. The molecule has 0 saturated carbocycles. The summed E-state index contributed by atoms with van der Waals surface area (Å²) in [4.78, 5) is 54.9. The van der Waals surface area contributed by atoms with Gasteiger partial charge in [-0.25, -0.2) is 0 Å². The van der Waals surface area contributed by atoms with Gasteiger partial charge in [-0.15, -0.1) is 0 Å². The molecule has 1 aromatic carbocycles. The Kier molecular flexibility index (Phi) is 6.31. The lowest BCUT2D eigenvalue weighted by molar-refractivity contribution is -0.144. The molecule has 0 unspecified atom stereocenters. The molecule has 0 fully saturated rings. The summed E-state index contributed by atoms with van der Waals surface area (Å²) >= 11 is 0. The van der Waals surface area contributed by atoms with Crippen LogP contribution >= 0.6 is 0 Å². The van der Waals surface area contributed by atoms with E-state index in [1.165, 1.54) is 11.0 Å². The lowest BCUT2D eigenvalue weighted by Gasteiger charge is -2.46. The second-order valence-corrected chi connectivity index (χ2v) is 10.2. The van der Waals surface area contributed by atoms with Crippen molar-refractivity contribution in [1.29, 1.82) is 0 Å². The third-order valence-electron chi connectivity index (χ3n) is 7.66. The summed E-state index contributed by atoms with van der Waals surface area (Å²) in [6, 6.07) is 1.53. The van der Waals surface area contributed by atoms with Crippen LogP contribution in [0.15, 0.2) is 28.7 Å². The van der Waals surface area contributed by atoms with E-state index in [9.17, 15) is 39.6 Å². The van der Waals surface area contributed by atoms with Crippen molar-refractivity contribution in [2.75, 3.05) is 32.6 Å². The summed E-state index contributed by atoms with van der Waals surface area (Å²) in [7, 11) is 5.05. The van der Waals surface area contributed by atoms with Crippen molar-refractivity contribution in [1.82, 2.24) is 4.90 Å². The zero-order valence-corrected chi connectivity index (χ0v) is 21.2. The predicted molar refractivity (Wildman–Crippen MR) is 132 cm³/mol. The number of aliphatic hydroxyl groups excluding tert-OH is 2. The lowest BCUT2D eigenvalue weighted by Crippen LogP contribution is -2.57. The van der Waals surface area contributed by atoms with Gasteiger partial charge in [0.1, 0.15) is 22.8 Å². The van der Waals surface area contributed by atoms with Crippen molar-refractivity contribution in [3.63, 3.8) is 0 Å². The van der Waals surface area contributed by atoms with Crippen LogP contribution in [-0.4, -0.2) is 82.0 Å². The van der Waals surface area contributed by atoms with E-state index in [0.717, 1.165) is 0 Å². The summed E-state index contributed by atoms with van der Waals surface area (Å²) in [6.45, 7) is 2.32. The lowest BCUT2D eigenvalue weighted by atomic mass is 9.60. The molecule has 0 heterocycles. The zero-order valence-electron chi connectivity index (χ0n) is 21.2. The van der Waals surface area contributed by atoms with E-state index in [4.69, 9.17) is 5.73 Å². The van der Waals surface area contributed by atoms with Gasteiger partial charge in [0.05, 0.1) is 11.1 Å². The van der Waals surface area contributed by atoms with Gasteiger partial charge in [0.15, 0.2) is 11.4 Å². The van der Waals surface area contributed by atoms with E-state index < -0.39 is 63.7 Å². The minimum Gasteiger partial charge on any atom is -0.511 e. The molecule has 4 rings (SSSR count). The van der Waals surface area contributed by atoms with Crippen LogP contribution in [0, 0.1) is 11.8 Å². The molecular formula is C26H31N3O8. The number of hydrogen-bond acceptors (Lipinski definition) is 9. The summed E-state index contributed by atoms with van der Waals surface area (Å²) in [6.07, 6.45) is 0.588. The molecule has 3 aliphatic carbocycles. The van der Waals surface area contributed by atoms with Crippen LogP contribution in [0.1, 0.15) is 52.5 Å². The maximum absolute atomic E-state index is 13.8. The number of fused-ring (bicyclic) bond motifs is 3. The molecule has 0 saturated heterocycles. The van der Waals surface area contributed by atoms with Gasteiger partial charge in [-0.1, -0.05) is 6.92 Å². The average molecular weight is 514 g/mol. The van der Waals surface area contributed by atoms with Crippen LogP contribution in [0.2, 0.25) is 0 Å². The van der Waals surface area contributed by atoms with E-state index in [-0.39, 0.29) is 36.0 Å². The highest BCUT2D eigenvalue weighted by Crippen LogP contribution is 2.52. The van der Waals surface area contributed by atoms with Crippen LogP contribution in [0.25, 0.3) is 0 Å². The van der Waals surface area contributed by atoms with Crippen molar-refractivity contribution in [2.45, 2.75) is 38.2 Å². The number of carbonyl (C=O) groups excluding carboxylic acids is 4. The summed E-state index contributed by atoms with van der Waals surface area (Å²) in [5.41, 5.74) is 2.23. The van der Waals surface area contributed by atoms with Crippen LogP contribution < -0.4 is 10.6 Å². The first kappa shape index (κ1) is 26.2. The van der Waals surface area contributed by atoms with Crippen molar-refractivity contribution < 1.29 is 39.6 Å². The molecule has 11 heteroatoms. The predicted octanol–water partition coefficient (Wildman–Crippen LogP) is 1.13. The highest BCUT2D eigenvalue weighted by molar-refractivity contribution is 6.24. The number of primary amides is 1. The number of aromatic hydroxyl groups is 1. The van der Waals surface area contributed by atoms with Crippen LogP contribution in [0.3, 0.4) is 0 Å². The van der Waals surface area contributed by atoms with Crippen molar-refractivity contribution in [3.8, 4) is 5.75 Å². The normalized spacial score (nSPS) is 24.9. The van der Waals surface area contributed by atoms with E-state index in [0.29, 0.717) is 24.2 Å². The number of rotatable bonds is 5. The molecule has 0 bridgehead atoms. The number of carbonyl (C=O) groups is 4. The molecule has 37 heavy (non-hydrogen) atoms. The SMILES string of the molecule is CCCN(C)C(=O)c1cc(N(C)C)c2c(c1O)C(=O)C1=C(O)[C@]3(O)C(=O)C(C(N)=O)=C(O)C[C@@H]3C[C@@H]1C2. The topological polar surface area (TPSA) is 182 Å². The van der Waals surface area contributed by atoms with Crippen molar-refractivity contribution in [2.24, 2.45) is 17.6 Å². The highest BCUT2D eigenvalue weighted by Gasteiger charge is 2.59. The van der Waals surface area contributed by atoms with Gasteiger partial charge in [-0.3, -0.25) is 19.2 Å². The fourth-order valence-electron chi connectivity index (χ4n) is 5.87. The Labute approximate surface area is 213 Å². The molecule has 0 aliphatic heterocycles. The Morgan fingerprint density at radius 1 is 1.14 bits per heavy atom. The fraction of sp³-hybridized carbons (Fsp3) is 0.462. The van der Waals surface area contributed by atoms with Crippen molar-refractivity contribution in [3.05, 3.63) is 45.4 Å². The van der Waals surface area contributed by atoms with Gasteiger partial charge in [-0.05, 0) is 36.8 Å². The fourth-order valence-corrected chi connectivity index (χ4v) is 5.87. The number of aliphatic hydroxyl groups is 3. The van der Waals surface area contributed by atoms with Gasteiger partial charge in [0.25, 0.3) is 11.8 Å². The van der Waals surface area contributed by atoms with Crippen LogP contribution in [0.4, 0.5) is 5.69 Å². The third kappa shape index (κ3) is 3.67. The van der Waals surface area contributed by atoms with Gasteiger partial charge in [0.2, 0.25) is 5.78 Å². The quantitative estimate of drug-likeness (QED) is 0.360. The third-order valence-corrected chi connectivity index (χ3v) is 7.66. The minimum atomic E-state index is -2.63. The second kappa shape index (κ2) is 8.91. The number of allylic oxidation sites excluding steroid dienone is 2. The Bertz CT molecular complexity index is 1310. The molecular weight excluding hydrogens is 482 g/mol. The Morgan fingerprint density at radius 2 is 1.78 bits per heavy atom. The highest BCUT2D eigenvalue weighted by atomic mass is 16.3. The summed E-state index contributed by atoms with van der Waals surface area (Å²) in [5.74, 6) is -7.55. The minimum absolute atomic E-state index is 0.0382.